The van der Waals surface area contributed by atoms with Gasteiger partial charge < -0.3 is 5.32 Å². The summed E-state index contributed by atoms with van der Waals surface area (Å²) in [5.41, 5.74) is 1.96. The number of thioether (sulfide) groups is 1. The number of nitrogens with one attached hydrogen (secondary N) is 1. The highest BCUT2D eigenvalue weighted by atomic mass is 32.2. The van der Waals surface area contributed by atoms with Gasteiger partial charge in [0.25, 0.3) is 0 Å². The molecule has 1 amide bonds. The number of carbonyl (C=O) groups excluding carboxylic acids is 1. The van der Waals surface area contributed by atoms with E-state index in [1.54, 1.807) is 4.68 Å². The molecule has 7 heteroatoms. The van der Waals surface area contributed by atoms with E-state index in [-0.39, 0.29) is 5.91 Å². The maximum atomic E-state index is 11.4. The molecule has 2 rings (SSSR count). The average molecular weight is 291 g/mol. The molecule has 0 unspecified atom stereocenters. The van der Waals surface area contributed by atoms with Crippen LogP contribution in [0.25, 0.3) is 5.82 Å². The smallest absolute Gasteiger partial charge is 0.230 e. The number of aromatic nitrogens is 4. The van der Waals surface area contributed by atoms with E-state index in [2.05, 4.69) is 20.6 Å². The second-order valence-corrected chi connectivity index (χ2v) is 5.31. The van der Waals surface area contributed by atoms with E-state index in [0.29, 0.717) is 18.1 Å². The summed E-state index contributed by atoms with van der Waals surface area (Å²) < 4.78 is 1.75. The molecule has 20 heavy (non-hydrogen) atoms. The van der Waals surface area contributed by atoms with Crippen LogP contribution in [0.4, 0.5) is 0 Å². The second kappa shape index (κ2) is 6.51. The van der Waals surface area contributed by atoms with E-state index in [9.17, 15) is 4.79 Å². The SMILES string of the molecule is CCNC(=O)CSc1ccc(-n2nc(C)cc2C)nn1. The van der Waals surface area contributed by atoms with Crippen molar-refractivity contribution >= 4 is 17.7 Å². The fourth-order valence-corrected chi connectivity index (χ4v) is 2.40. The second-order valence-electron chi connectivity index (χ2n) is 4.31. The van der Waals surface area contributed by atoms with Crippen LogP contribution >= 0.6 is 11.8 Å². The Morgan fingerprint density at radius 3 is 2.70 bits per heavy atom. The Kier molecular flexibility index (Phi) is 4.73. The van der Waals surface area contributed by atoms with Crippen LogP contribution in [-0.4, -0.2) is 38.2 Å². The lowest BCUT2D eigenvalue weighted by molar-refractivity contribution is -0.118. The normalized spacial score (nSPS) is 10.6. The third-order valence-corrected chi connectivity index (χ3v) is 3.50. The minimum atomic E-state index is 0.00178. The minimum absolute atomic E-state index is 0.00178. The summed E-state index contributed by atoms with van der Waals surface area (Å²) >= 11 is 1.37. The van der Waals surface area contributed by atoms with Crippen molar-refractivity contribution < 1.29 is 4.79 Å². The van der Waals surface area contributed by atoms with E-state index in [0.717, 1.165) is 16.4 Å². The molecule has 0 aromatic carbocycles. The summed E-state index contributed by atoms with van der Waals surface area (Å²) in [4.78, 5) is 11.4. The van der Waals surface area contributed by atoms with Crippen molar-refractivity contribution in [1.82, 2.24) is 25.3 Å². The first-order valence-electron chi connectivity index (χ1n) is 6.37. The van der Waals surface area contributed by atoms with Crippen molar-refractivity contribution in [2.24, 2.45) is 0 Å². The van der Waals surface area contributed by atoms with Crippen LogP contribution in [0.3, 0.4) is 0 Å². The highest BCUT2D eigenvalue weighted by Gasteiger charge is 2.07. The van der Waals surface area contributed by atoms with Gasteiger partial charge in [-0.05, 0) is 39.0 Å². The van der Waals surface area contributed by atoms with E-state index in [4.69, 9.17) is 0 Å². The van der Waals surface area contributed by atoms with Gasteiger partial charge in [-0.15, -0.1) is 10.2 Å². The molecule has 106 valence electrons. The number of amides is 1. The number of carbonyl (C=O) groups is 1. The van der Waals surface area contributed by atoms with Gasteiger partial charge in [0.05, 0.1) is 11.4 Å². The number of aryl methyl sites for hydroxylation is 2. The number of rotatable bonds is 5. The average Bonchev–Trinajstić information content (AvgIpc) is 2.76. The zero-order chi connectivity index (χ0) is 14.5. The van der Waals surface area contributed by atoms with Gasteiger partial charge >= 0.3 is 0 Å². The molecule has 0 atom stereocenters. The van der Waals surface area contributed by atoms with Crippen LogP contribution in [0.15, 0.2) is 23.2 Å². The minimum Gasteiger partial charge on any atom is -0.356 e. The Hall–Kier alpha value is -1.89. The summed E-state index contributed by atoms with van der Waals surface area (Å²) in [6.07, 6.45) is 0. The molecule has 2 aromatic heterocycles. The van der Waals surface area contributed by atoms with Gasteiger partial charge in [0, 0.05) is 12.2 Å². The first kappa shape index (κ1) is 14.5. The van der Waals surface area contributed by atoms with E-state index in [1.807, 2.05) is 39.0 Å². The summed E-state index contributed by atoms with van der Waals surface area (Å²) in [5.74, 6) is 1.03. The summed E-state index contributed by atoms with van der Waals surface area (Å²) in [7, 11) is 0. The highest BCUT2D eigenvalue weighted by Crippen LogP contribution is 2.15. The van der Waals surface area contributed by atoms with Gasteiger partial charge in [0.1, 0.15) is 5.03 Å². The molecular weight excluding hydrogens is 274 g/mol. The van der Waals surface area contributed by atoms with Gasteiger partial charge in [-0.3, -0.25) is 4.79 Å². The standard InChI is InChI=1S/C13H17N5OS/c1-4-14-12(19)8-20-13-6-5-11(15-16-13)18-10(3)7-9(2)17-18/h5-7H,4,8H2,1-3H3,(H,14,19). The van der Waals surface area contributed by atoms with E-state index < -0.39 is 0 Å². The van der Waals surface area contributed by atoms with Crippen LogP contribution in [0, 0.1) is 13.8 Å². The van der Waals surface area contributed by atoms with Crippen LogP contribution in [0.1, 0.15) is 18.3 Å². The lowest BCUT2D eigenvalue weighted by atomic mass is 10.4. The van der Waals surface area contributed by atoms with E-state index >= 15 is 0 Å². The van der Waals surface area contributed by atoms with Crippen molar-refractivity contribution in [1.29, 1.82) is 0 Å². The molecule has 1 N–H and O–H groups in total. The summed E-state index contributed by atoms with van der Waals surface area (Å²) in [6, 6.07) is 5.69. The molecule has 2 aromatic rings. The largest absolute Gasteiger partial charge is 0.356 e. The van der Waals surface area contributed by atoms with Gasteiger partial charge in [0.15, 0.2) is 5.82 Å². The Bertz CT molecular complexity index is 593. The third-order valence-electron chi connectivity index (χ3n) is 2.58. The molecule has 6 nitrogen and oxygen atoms in total. The fourth-order valence-electron chi connectivity index (χ4n) is 1.75. The van der Waals surface area contributed by atoms with Crippen LogP contribution in [0.5, 0.6) is 0 Å². The monoisotopic (exact) mass is 291 g/mol. The Morgan fingerprint density at radius 1 is 1.35 bits per heavy atom. The zero-order valence-electron chi connectivity index (χ0n) is 11.8. The highest BCUT2D eigenvalue weighted by molar-refractivity contribution is 7.99. The molecule has 0 saturated carbocycles. The quantitative estimate of drug-likeness (QED) is 0.845. The Morgan fingerprint density at radius 2 is 2.15 bits per heavy atom. The molecule has 0 aliphatic heterocycles. The van der Waals surface area contributed by atoms with E-state index in [1.165, 1.54) is 11.8 Å². The lowest BCUT2D eigenvalue weighted by Crippen LogP contribution is -2.24. The van der Waals surface area contributed by atoms with Crippen molar-refractivity contribution in [2.45, 2.75) is 25.8 Å². The van der Waals surface area contributed by atoms with Crippen molar-refractivity contribution in [2.75, 3.05) is 12.3 Å². The third kappa shape index (κ3) is 3.57. The molecule has 0 aliphatic rings. The van der Waals surface area contributed by atoms with Gasteiger partial charge in [-0.25, -0.2) is 4.68 Å². The van der Waals surface area contributed by atoms with Crippen molar-refractivity contribution in [3.05, 3.63) is 29.6 Å². The van der Waals surface area contributed by atoms with Gasteiger partial charge in [0.2, 0.25) is 5.91 Å². The van der Waals surface area contributed by atoms with Crippen LogP contribution in [0.2, 0.25) is 0 Å². The first-order chi connectivity index (χ1) is 9.60. The number of nitrogens with zero attached hydrogens (tertiary/aromatic N) is 4. The predicted octanol–water partition coefficient (Wildman–Crippen LogP) is 1.51. The lowest BCUT2D eigenvalue weighted by Gasteiger charge is -2.04. The van der Waals surface area contributed by atoms with Gasteiger partial charge in [-0.1, -0.05) is 11.8 Å². The number of hydrogen-bond acceptors (Lipinski definition) is 5. The van der Waals surface area contributed by atoms with Crippen molar-refractivity contribution in [3.63, 3.8) is 0 Å². The maximum absolute atomic E-state index is 11.4. The van der Waals surface area contributed by atoms with Gasteiger partial charge in [-0.2, -0.15) is 5.10 Å². The molecule has 0 radical (unpaired) electrons. The number of hydrogen-bond donors (Lipinski definition) is 1. The topological polar surface area (TPSA) is 72.7 Å². The molecule has 0 bridgehead atoms. The molecule has 0 spiro atoms. The van der Waals surface area contributed by atoms with Crippen molar-refractivity contribution in [3.8, 4) is 5.82 Å². The summed E-state index contributed by atoms with van der Waals surface area (Å²) in [5, 5.41) is 16.1. The Labute approximate surface area is 122 Å². The van der Waals surface area contributed by atoms with Crippen LogP contribution in [-0.2, 0) is 4.79 Å². The Balaban J connectivity index is 2.03. The zero-order valence-corrected chi connectivity index (χ0v) is 12.6. The molecule has 0 aliphatic carbocycles. The molecule has 2 heterocycles. The maximum Gasteiger partial charge on any atom is 0.230 e. The molecular formula is C13H17N5OS. The molecule has 0 saturated heterocycles. The fraction of sp³-hybridized carbons (Fsp3) is 0.385. The van der Waals surface area contributed by atoms with Crippen LogP contribution < -0.4 is 5.32 Å². The summed E-state index contributed by atoms with van der Waals surface area (Å²) in [6.45, 7) is 6.44. The first-order valence-corrected chi connectivity index (χ1v) is 7.35. The predicted molar refractivity (Wildman–Crippen MR) is 78.0 cm³/mol. The molecule has 0 fully saturated rings.